The van der Waals surface area contributed by atoms with Crippen molar-refractivity contribution in [1.29, 1.82) is 0 Å². The van der Waals surface area contributed by atoms with Crippen LogP contribution in [0.3, 0.4) is 0 Å². The predicted molar refractivity (Wildman–Crippen MR) is 139 cm³/mol. The zero-order valence-corrected chi connectivity index (χ0v) is 20.8. The maximum atomic E-state index is 13.2. The van der Waals surface area contributed by atoms with Gasteiger partial charge in [0.2, 0.25) is 17.7 Å². The molecule has 0 radical (unpaired) electrons. The molecule has 2 aromatic rings. The zero-order chi connectivity index (χ0) is 25.8. The van der Waals surface area contributed by atoms with Crippen molar-refractivity contribution in [1.82, 2.24) is 5.48 Å². The van der Waals surface area contributed by atoms with E-state index < -0.39 is 5.91 Å². The number of fused-ring (bicyclic) bond motifs is 1. The van der Waals surface area contributed by atoms with Crippen molar-refractivity contribution in [2.75, 3.05) is 23.4 Å². The second-order valence-electron chi connectivity index (χ2n) is 9.26. The molecule has 0 heterocycles. The standard InChI is InChI=1S/C28H37N3O5/c32-19-18-31(25-11-7-9-22-8-5-6-10-24(22)25)28(35)20-21-14-16-23(17-15-21)29-26(33)12-3-1-2-4-13-27(34)30-36/h7,9,11,14-17,32,36H,1-6,8,10,12-13,18-20H2,(H,29,33)(H,30,34). The molecule has 1 aliphatic carbocycles. The molecular weight excluding hydrogens is 458 g/mol. The number of aryl methyl sites for hydroxylation is 1. The lowest BCUT2D eigenvalue weighted by atomic mass is 9.90. The highest BCUT2D eigenvalue weighted by atomic mass is 16.5. The first kappa shape index (κ1) is 27.4. The van der Waals surface area contributed by atoms with Crippen molar-refractivity contribution in [3.8, 4) is 0 Å². The van der Waals surface area contributed by atoms with Crippen LogP contribution in [-0.2, 0) is 33.6 Å². The minimum absolute atomic E-state index is 0.0590. The summed E-state index contributed by atoms with van der Waals surface area (Å²) in [6, 6.07) is 13.4. The quantitative estimate of drug-likeness (QED) is 0.191. The topological polar surface area (TPSA) is 119 Å². The lowest BCUT2D eigenvalue weighted by Crippen LogP contribution is -2.36. The van der Waals surface area contributed by atoms with E-state index in [4.69, 9.17) is 5.21 Å². The van der Waals surface area contributed by atoms with Crippen molar-refractivity contribution in [2.24, 2.45) is 0 Å². The number of carbonyl (C=O) groups excluding carboxylic acids is 3. The average molecular weight is 496 g/mol. The molecule has 194 valence electrons. The Morgan fingerprint density at radius 2 is 1.56 bits per heavy atom. The maximum Gasteiger partial charge on any atom is 0.243 e. The molecule has 1 aliphatic rings. The van der Waals surface area contributed by atoms with Gasteiger partial charge in [-0.1, -0.05) is 37.1 Å². The average Bonchev–Trinajstić information content (AvgIpc) is 2.90. The first-order chi connectivity index (χ1) is 17.5. The first-order valence-corrected chi connectivity index (χ1v) is 12.9. The second-order valence-corrected chi connectivity index (χ2v) is 9.26. The molecule has 0 saturated carbocycles. The Balaban J connectivity index is 1.49. The molecule has 0 aromatic heterocycles. The van der Waals surface area contributed by atoms with Crippen molar-refractivity contribution < 1.29 is 24.7 Å². The van der Waals surface area contributed by atoms with Gasteiger partial charge < -0.3 is 15.3 Å². The maximum absolute atomic E-state index is 13.2. The lowest BCUT2D eigenvalue weighted by Gasteiger charge is -2.28. The molecular formula is C28H37N3O5. The fourth-order valence-corrected chi connectivity index (χ4v) is 4.67. The minimum Gasteiger partial charge on any atom is -0.395 e. The Bertz CT molecular complexity index is 1020. The molecule has 0 atom stereocenters. The van der Waals surface area contributed by atoms with Crippen molar-refractivity contribution in [3.05, 3.63) is 59.2 Å². The molecule has 4 N–H and O–H groups in total. The summed E-state index contributed by atoms with van der Waals surface area (Å²) in [6.07, 6.45) is 8.21. The van der Waals surface area contributed by atoms with E-state index in [1.165, 1.54) is 17.5 Å². The number of aliphatic hydroxyl groups is 1. The number of benzene rings is 2. The van der Waals surface area contributed by atoms with Crippen LogP contribution in [0, 0.1) is 0 Å². The van der Waals surface area contributed by atoms with E-state index in [0.717, 1.165) is 49.8 Å². The molecule has 8 nitrogen and oxygen atoms in total. The van der Waals surface area contributed by atoms with Crippen LogP contribution in [0.5, 0.6) is 0 Å². The third-order valence-corrected chi connectivity index (χ3v) is 6.56. The Kier molecular flexibility index (Phi) is 10.9. The van der Waals surface area contributed by atoms with Crippen LogP contribution in [0.1, 0.15) is 68.1 Å². The van der Waals surface area contributed by atoms with E-state index in [-0.39, 0.29) is 37.8 Å². The van der Waals surface area contributed by atoms with Crippen molar-refractivity contribution >= 4 is 29.1 Å². The summed E-state index contributed by atoms with van der Waals surface area (Å²) >= 11 is 0. The van der Waals surface area contributed by atoms with E-state index in [0.29, 0.717) is 18.5 Å². The summed E-state index contributed by atoms with van der Waals surface area (Å²) in [6.45, 7) is 0.163. The highest BCUT2D eigenvalue weighted by Gasteiger charge is 2.22. The summed E-state index contributed by atoms with van der Waals surface area (Å²) in [5.74, 6) is -0.524. The number of anilines is 2. The number of carbonyl (C=O) groups is 3. The smallest absolute Gasteiger partial charge is 0.243 e. The molecule has 36 heavy (non-hydrogen) atoms. The molecule has 3 rings (SSSR count). The Labute approximate surface area is 212 Å². The largest absolute Gasteiger partial charge is 0.395 e. The molecule has 0 unspecified atom stereocenters. The lowest BCUT2D eigenvalue weighted by molar-refractivity contribution is -0.129. The summed E-state index contributed by atoms with van der Waals surface area (Å²) in [4.78, 5) is 38.1. The second kappa shape index (κ2) is 14.4. The van der Waals surface area contributed by atoms with Crippen molar-refractivity contribution in [3.63, 3.8) is 0 Å². The molecule has 2 aromatic carbocycles. The molecule has 8 heteroatoms. The van der Waals surface area contributed by atoms with Crippen LogP contribution >= 0.6 is 0 Å². The molecule has 0 saturated heterocycles. The number of amides is 3. The first-order valence-electron chi connectivity index (χ1n) is 12.9. The minimum atomic E-state index is -0.391. The van der Waals surface area contributed by atoms with Crippen LogP contribution < -0.4 is 15.7 Å². The number of nitrogens with zero attached hydrogens (tertiary/aromatic N) is 1. The summed E-state index contributed by atoms with van der Waals surface area (Å²) in [7, 11) is 0. The fraction of sp³-hybridized carbons (Fsp3) is 0.464. The highest BCUT2D eigenvalue weighted by Crippen LogP contribution is 2.31. The van der Waals surface area contributed by atoms with Gasteiger partial charge in [0, 0.05) is 30.8 Å². The Morgan fingerprint density at radius 1 is 0.861 bits per heavy atom. The molecule has 0 fully saturated rings. The van der Waals surface area contributed by atoms with Crippen LogP contribution in [0.2, 0.25) is 0 Å². The van der Waals surface area contributed by atoms with Crippen LogP contribution in [-0.4, -0.2) is 41.2 Å². The van der Waals surface area contributed by atoms with Gasteiger partial charge in [-0.25, -0.2) is 5.48 Å². The van der Waals surface area contributed by atoms with E-state index >= 15 is 0 Å². The zero-order valence-electron chi connectivity index (χ0n) is 20.8. The van der Waals surface area contributed by atoms with Gasteiger partial charge in [-0.2, -0.15) is 0 Å². The number of hydrogen-bond acceptors (Lipinski definition) is 5. The van der Waals surface area contributed by atoms with Crippen LogP contribution in [0.25, 0.3) is 0 Å². The number of nitrogens with one attached hydrogen (secondary N) is 2. The van der Waals surface area contributed by atoms with E-state index in [1.807, 2.05) is 24.3 Å². The Hall–Kier alpha value is -3.23. The summed E-state index contributed by atoms with van der Waals surface area (Å²) in [5.41, 5.74) is 6.56. The van der Waals surface area contributed by atoms with E-state index in [1.54, 1.807) is 22.5 Å². The highest BCUT2D eigenvalue weighted by molar-refractivity contribution is 5.96. The van der Waals surface area contributed by atoms with Crippen LogP contribution in [0.15, 0.2) is 42.5 Å². The van der Waals surface area contributed by atoms with E-state index in [2.05, 4.69) is 11.4 Å². The number of aliphatic hydroxyl groups excluding tert-OH is 1. The molecule has 0 spiro atoms. The van der Waals surface area contributed by atoms with Gasteiger partial charge in [-0.05, 0) is 73.4 Å². The number of unbranched alkanes of at least 4 members (excludes halogenated alkanes) is 3. The summed E-state index contributed by atoms with van der Waals surface area (Å²) < 4.78 is 0. The van der Waals surface area contributed by atoms with Gasteiger partial charge in [-0.15, -0.1) is 0 Å². The number of rotatable bonds is 13. The Morgan fingerprint density at radius 3 is 2.25 bits per heavy atom. The monoisotopic (exact) mass is 495 g/mol. The van der Waals surface area contributed by atoms with Gasteiger partial charge in [0.25, 0.3) is 0 Å². The normalized spacial score (nSPS) is 12.5. The SMILES string of the molecule is O=C(CCCCCCC(=O)Nc1ccc(CC(=O)N(CCO)c2cccc3c2CCCC3)cc1)NO. The van der Waals surface area contributed by atoms with Gasteiger partial charge in [-0.3, -0.25) is 19.6 Å². The van der Waals surface area contributed by atoms with Gasteiger partial charge in [0.1, 0.15) is 0 Å². The number of hydroxylamine groups is 1. The number of hydrogen-bond donors (Lipinski definition) is 4. The fourth-order valence-electron chi connectivity index (χ4n) is 4.67. The molecule has 0 bridgehead atoms. The third-order valence-electron chi connectivity index (χ3n) is 6.56. The predicted octanol–water partition coefficient (Wildman–Crippen LogP) is 3.92. The third kappa shape index (κ3) is 8.17. The van der Waals surface area contributed by atoms with Gasteiger partial charge in [0.05, 0.1) is 13.0 Å². The van der Waals surface area contributed by atoms with Crippen LogP contribution in [0.4, 0.5) is 11.4 Å². The molecule has 0 aliphatic heterocycles. The van der Waals surface area contributed by atoms with Gasteiger partial charge >= 0.3 is 0 Å². The van der Waals surface area contributed by atoms with E-state index in [9.17, 15) is 19.5 Å². The van der Waals surface area contributed by atoms with Gasteiger partial charge in [0.15, 0.2) is 0 Å². The molecule has 3 amide bonds. The summed E-state index contributed by atoms with van der Waals surface area (Å²) in [5, 5.41) is 21.0. The van der Waals surface area contributed by atoms with Crippen molar-refractivity contribution in [2.45, 2.75) is 70.6 Å².